The van der Waals surface area contributed by atoms with E-state index in [1.54, 1.807) is 0 Å². The van der Waals surface area contributed by atoms with Crippen molar-refractivity contribution in [2.45, 2.75) is 58.9 Å². The van der Waals surface area contributed by atoms with Crippen LogP contribution in [0.1, 0.15) is 50.2 Å². The molecule has 1 aromatic carbocycles. The van der Waals surface area contributed by atoms with E-state index in [0.29, 0.717) is 19.5 Å². The Morgan fingerprint density at radius 1 is 1.30 bits per heavy atom. The van der Waals surface area contributed by atoms with Crippen LogP contribution < -0.4 is 5.32 Å². The van der Waals surface area contributed by atoms with Gasteiger partial charge in [-0.05, 0) is 44.2 Å². The zero-order valence-corrected chi connectivity index (χ0v) is 15.2. The van der Waals surface area contributed by atoms with Gasteiger partial charge < -0.3 is 15.2 Å². The van der Waals surface area contributed by atoms with Crippen LogP contribution in [0.4, 0.5) is 5.69 Å². The Labute approximate surface area is 145 Å². The second-order valence-corrected chi connectivity index (χ2v) is 6.52. The Hall–Kier alpha value is -1.10. The minimum absolute atomic E-state index is 0. The maximum atomic E-state index is 13.1. The normalized spacial score (nSPS) is 23.9. The molecule has 1 aliphatic rings. The third-order valence-corrected chi connectivity index (χ3v) is 4.75. The SMILES string of the molecule is CCCC[N+]1([O-])CCCCC1C(=O)Nc1c(C)cccc1C.Cl. The number of nitrogens with zero attached hydrogens (tertiary/aromatic N) is 1. The Kier molecular flexibility index (Phi) is 7.52. The fourth-order valence-electron chi connectivity index (χ4n) is 3.36. The molecule has 1 heterocycles. The number of para-hydroxylation sites is 1. The third kappa shape index (κ3) is 4.69. The molecule has 23 heavy (non-hydrogen) atoms. The van der Waals surface area contributed by atoms with Gasteiger partial charge >= 0.3 is 0 Å². The van der Waals surface area contributed by atoms with E-state index in [2.05, 4.69) is 12.2 Å². The highest BCUT2D eigenvalue weighted by Crippen LogP contribution is 2.28. The summed E-state index contributed by atoms with van der Waals surface area (Å²) in [6, 6.07) is 5.50. The number of hydrogen-bond acceptors (Lipinski definition) is 2. The highest BCUT2D eigenvalue weighted by molar-refractivity contribution is 5.95. The summed E-state index contributed by atoms with van der Waals surface area (Å²) in [5.74, 6) is -0.108. The molecule has 2 unspecified atom stereocenters. The first-order valence-electron chi connectivity index (χ1n) is 8.43. The Morgan fingerprint density at radius 2 is 1.96 bits per heavy atom. The number of hydroxylamine groups is 3. The van der Waals surface area contributed by atoms with Crippen LogP contribution in [0, 0.1) is 19.1 Å². The number of nitrogens with one attached hydrogen (secondary N) is 1. The molecule has 130 valence electrons. The highest BCUT2D eigenvalue weighted by Gasteiger charge is 2.37. The quantitative estimate of drug-likeness (QED) is 0.640. The van der Waals surface area contributed by atoms with E-state index in [0.717, 1.165) is 42.5 Å². The number of carbonyl (C=O) groups is 1. The summed E-state index contributed by atoms with van der Waals surface area (Å²) in [5, 5.41) is 16.1. The molecular formula is C18H29ClN2O2. The lowest BCUT2D eigenvalue weighted by Crippen LogP contribution is -2.58. The van der Waals surface area contributed by atoms with Gasteiger partial charge in [-0.25, -0.2) is 0 Å². The van der Waals surface area contributed by atoms with Crippen molar-refractivity contribution in [1.82, 2.24) is 0 Å². The molecule has 1 aliphatic heterocycles. The first-order valence-corrected chi connectivity index (χ1v) is 8.43. The van der Waals surface area contributed by atoms with Crippen LogP contribution in [0.25, 0.3) is 0 Å². The Balaban J connectivity index is 0.00000264. The van der Waals surface area contributed by atoms with Gasteiger partial charge in [0.1, 0.15) is 0 Å². The monoisotopic (exact) mass is 340 g/mol. The molecule has 1 amide bonds. The number of halogens is 1. The predicted molar refractivity (Wildman–Crippen MR) is 97.7 cm³/mol. The molecule has 0 saturated carbocycles. The second-order valence-electron chi connectivity index (χ2n) is 6.52. The first kappa shape index (κ1) is 19.9. The van der Waals surface area contributed by atoms with Crippen LogP contribution in [-0.2, 0) is 4.79 Å². The van der Waals surface area contributed by atoms with Gasteiger partial charge in [-0.3, -0.25) is 4.79 Å². The van der Waals surface area contributed by atoms with Crippen molar-refractivity contribution in [3.63, 3.8) is 0 Å². The predicted octanol–water partition coefficient (Wildman–Crippen LogP) is 4.33. The molecule has 1 aromatic rings. The Morgan fingerprint density at radius 3 is 2.57 bits per heavy atom. The fraction of sp³-hybridized carbons (Fsp3) is 0.611. The number of rotatable bonds is 5. The lowest BCUT2D eigenvalue weighted by Gasteiger charge is -2.50. The molecule has 1 fully saturated rings. The molecule has 0 bridgehead atoms. The topological polar surface area (TPSA) is 52.2 Å². The number of piperidine rings is 1. The van der Waals surface area contributed by atoms with Gasteiger partial charge in [-0.15, -0.1) is 12.4 Å². The van der Waals surface area contributed by atoms with Gasteiger partial charge in [0, 0.05) is 12.1 Å². The smallest absolute Gasteiger partial charge is 0.283 e. The molecule has 1 N–H and O–H groups in total. The lowest BCUT2D eigenvalue weighted by atomic mass is 9.99. The van der Waals surface area contributed by atoms with Crippen molar-refractivity contribution in [1.29, 1.82) is 0 Å². The number of aryl methyl sites for hydroxylation is 2. The molecule has 1 saturated heterocycles. The van der Waals surface area contributed by atoms with Crippen LogP contribution in [0.5, 0.6) is 0 Å². The number of hydrogen-bond donors (Lipinski definition) is 1. The van der Waals surface area contributed by atoms with E-state index < -0.39 is 6.04 Å². The molecule has 2 atom stereocenters. The number of carbonyl (C=O) groups excluding carboxylic acids is 1. The van der Waals surface area contributed by atoms with E-state index >= 15 is 0 Å². The standard InChI is InChI=1S/C18H28N2O2.ClH/c1-4-5-12-20(22)13-7-6-11-16(20)18(21)19-17-14(2)9-8-10-15(17)3;/h8-10,16H,4-7,11-13H2,1-3H3,(H,19,21);1H. The highest BCUT2D eigenvalue weighted by atomic mass is 35.5. The summed E-state index contributed by atoms with van der Waals surface area (Å²) >= 11 is 0. The van der Waals surface area contributed by atoms with Crippen LogP contribution in [0.15, 0.2) is 18.2 Å². The maximum Gasteiger partial charge on any atom is 0.283 e. The van der Waals surface area contributed by atoms with Crippen molar-refractivity contribution >= 4 is 24.0 Å². The summed E-state index contributed by atoms with van der Waals surface area (Å²) in [7, 11) is 0. The van der Waals surface area contributed by atoms with Crippen molar-refractivity contribution < 1.29 is 9.44 Å². The van der Waals surface area contributed by atoms with Gasteiger partial charge in [-0.2, -0.15) is 0 Å². The van der Waals surface area contributed by atoms with Gasteiger partial charge in [0.25, 0.3) is 5.91 Å². The van der Waals surface area contributed by atoms with Crippen molar-refractivity contribution in [3.8, 4) is 0 Å². The molecule has 0 aromatic heterocycles. The van der Waals surface area contributed by atoms with Crippen molar-refractivity contribution in [3.05, 3.63) is 34.5 Å². The average Bonchev–Trinajstić information content (AvgIpc) is 2.49. The summed E-state index contributed by atoms with van der Waals surface area (Å²) < 4.78 is -0.343. The number of unbranched alkanes of at least 4 members (excludes halogenated alkanes) is 1. The summed E-state index contributed by atoms with van der Waals surface area (Å²) in [6.45, 7) is 7.19. The molecule has 0 aliphatic carbocycles. The van der Waals surface area contributed by atoms with E-state index in [1.165, 1.54) is 0 Å². The summed E-state index contributed by atoms with van der Waals surface area (Å²) in [6.07, 6.45) is 4.48. The minimum atomic E-state index is -0.459. The minimum Gasteiger partial charge on any atom is -0.632 e. The van der Waals surface area contributed by atoms with E-state index in [-0.39, 0.29) is 23.0 Å². The zero-order chi connectivity index (χ0) is 16.2. The van der Waals surface area contributed by atoms with Crippen molar-refractivity contribution in [2.24, 2.45) is 0 Å². The molecule has 0 spiro atoms. The molecule has 0 radical (unpaired) electrons. The van der Waals surface area contributed by atoms with Crippen LogP contribution in [-0.4, -0.2) is 29.7 Å². The maximum absolute atomic E-state index is 13.1. The molecule has 2 rings (SSSR count). The zero-order valence-electron chi connectivity index (χ0n) is 14.4. The van der Waals surface area contributed by atoms with Crippen LogP contribution in [0.3, 0.4) is 0 Å². The summed E-state index contributed by atoms with van der Waals surface area (Å²) in [4.78, 5) is 12.7. The number of likely N-dealkylation sites (tertiary alicyclic amines) is 1. The van der Waals surface area contributed by atoms with Gasteiger partial charge in [0.05, 0.1) is 13.1 Å². The number of benzene rings is 1. The van der Waals surface area contributed by atoms with E-state index in [9.17, 15) is 10.0 Å². The number of amides is 1. The third-order valence-electron chi connectivity index (χ3n) is 4.75. The molecule has 5 heteroatoms. The first-order chi connectivity index (χ1) is 10.5. The van der Waals surface area contributed by atoms with Gasteiger partial charge in [0.15, 0.2) is 6.04 Å². The average molecular weight is 341 g/mol. The molecule has 4 nitrogen and oxygen atoms in total. The van der Waals surface area contributed by atoms with Gasteiger partial charge in [-0.1, -0.05) is 31.5 Å². The van der Waals surface area contributed by atoms with Crippen LogP contribution in [0.2, 0.25) is 0 Å². The molecular weight excluding hydrogens is 312 g/mol. The summed E-state index contributed by atoms with van der Waals surface area (Å²) in [5.41, 5.74) is 2.95. The van der Waals surface area contributed by atoms with E-state index in [1.807, 2.05) is 32.0 Å². The lowest BCUT2D eigenvalue weighted by molar-refractivity contribution is -0.901. The van der Waals surface area contributed by atoms with Crippen molar-refractivity contribution in [2.75, 3.05) is 18.4 Å². The fourth-order valence-corrected chi connectivity index (χ4v) is 3.36. The largest absolute Gasteiger partial charge is 0.632 e. The van der Waals surface area contributed by atoms with Gasteiger partial charge in [0.2, 0.25) is 0 Å². The van der Waals surface area contributed by atoms with E-state index in [4.69, 9.17) is 0 Å². The van der Waals surface area contributed by atoms with Crippen LogP contribution >= 0.6 is 12.4 Å². The Bertz CT molecular complexity index is 516. The number of anilines is 1. The number of quaternary nitrogens is 1. The second kappa shape index (κ2) is 8.67.